The summed E-state index contributed by atoms with van der Waals surface area (Å²) >= 11 is 0. The minimum Gasteiger partial charge on any atom is -0.370 e. The van der Waals surface area contributed by atoms with Crippen molar-refractivity contribution in [1.82, 2.24) is 5.32 Å². The van der Waals surface area contributed by atoms with Gasteiger partial charge in [-0.25, -0.2) is 4.99 Å². The van der Waals surface area contributed by atoms with E-state index in [4.69, 9.17) is 5.73 Å². The van der Waals surface area contributed by atoms with Gasteiger partial charge in [0.2, 0.25) is 5.91 Å². The van der Waals surface area contributed by atoms with Crippen molar-refractivity contribution in [3.63, 3.8) is 0 Å². The van der Waals surface area contributed by atoms with E-state index in [-0.39, 0.29) is 18.4 Å². The van der Waals surface area contributed by atoms with Crippen LogP contribution in [0.3, 0.4) is 0 Å². The van der Waals surface area contributed by atoms with Crippen molar-refractivity contribution in [3.05, 3.63) is 0 Å². The quantitative estimate of drug-likeness (QED) is 0.385. The van der Waals surface area contributed by atoms with Crippen LogP contribution in [0.1, 0.15) is 0 Å². The molecular formula is C3H5N3O. The lowest BCUT2D eigenvalue weighted by Gasteiger charge is -1.84. The van der Waals surface area contributed by atoms with Gasteiger partial charge in [-0.05, 0) is 0 Å². The van der Waals surface area contributed by atoms with Gasteiger partial charge in [0.25, 0.3) is 0 Å². The summed E-state index contributed by atoms with van der Waals surface area (Å²) in [6.07, 6.45) is 0. The van der Waals surface area contributed by atoms with Crippen LogP contribution >= 0.6 is 0 Å². The Morgan fingerprint density at radius 1 is 1.86 bits per heavy atom. The lowest BCUT2D eigenvalue weighted by molar-refractivity contribution is -0.117. The van der Waals surface area contributed by atoms with Gasteiger partial charge in [-0.1, -0.05) is 0 Å². The van der Waals surface area contributed by atoms with Crippen LogP contribution in [-0.2, 0) is 4.79 Å². The molecule has 4 heteroatoms. The van der Waals surface area contributed by atoms with E-state index in [1.807, 2.05) is 0 Å². The first-order chi connectivity index (χ1) is 3.29. The van der Waals surface area contributed by atoms with Crippen molar-refractivity contribution >= 4 is 11.9 Å². The summed E-state index contributed by atoms with van der Waals surface area (Å²) in [4.78, 5) is 13.7. The van der Waals surface area contributed by atoms with Gasteiger partial charge in [0.1, 0.15) is 6.54 Å². The Morgan fingerprint density at radius 2 is 2.57 bits per heavy atom. The molecule has 0 spiro atoms. The molecule has 0 aromatic carbocycles. The highest BCUT2D eigenvalue weighted by atomic mass is 16.2. The van der Waals surface area contributed by atoms with Crippen LogP contribution in [0, 0.1) is 0 Å². The first-order valence-corrected chi connectivity index (χ1v) is 1.89. The Labute approximate surface area is 40.4 Å². The zero-order valence-electron chi connectivity index (χ0n) is 3.64. The molecule has 1 heterocycles. The summed E-state index contributed by atoms with van der Waals surface area (Å²) < 4.78 is 0. The maximum atomic E-state index is 10.1. The number of hydrogen-bond donors (Lipinski definition) is 2. The Morgan fingerprint density at radius 3 is 2.71 bits per heavy atom. The van der Waals surface area contributed by atoms with Crippen molar-refractivity contribution in [2.75, 3.05) is 6.54 Å². The van der Waals surface area contributed by atoms with Gasteiger partial charge < -0.3 is 5.73 Å². The lowest BCUT2D eigenvalue weighted by Crippen LogP contribution is -2.30. The zero-order chi connectivity index (χ0) is 5.28. The third kappa shape index (κ3) is 0.677. The smallest absolute Gasteiger partial charge is 0.248 e. The number of rotatable bonds is 0. The van der Waals surface area contributed by atoms with Gasteiger partial charge >= 0.3 is 0 Å². The molecular weight excluding hydrogens is 94.1 g/mol. The van der Waals surface area contributed by atoms with Crippen LogP contribution < -0.4 is 11.1 Å². The molecule has 1 aliphatic rings. The average molecular weight is 99.1 g/mol. The molecule has 0 fully saturated rings. The van der Waals surface area contributed by atoms with E-state index in [2.05, 4.69) is 10.3 Å². The molecule has 0 aromatic heterocycles. The molecule has 1 aliphatic heterocycles. The molecule has 1 rings (SSSR count). The van der Waals surface area contributed by atoms with Crippen molar-refractivity contribution in [3.8, 4) is 0 Å². The average Bonchev–Trinajstić information content (AvgIpc) is 1.87. The summed E-state index contributed by atoms with van der Waals surface area (Å²) in [5.74, 6) is 0.0995. The van der Waals surface area contributed by atoms with E-state index in [9.17, 15) is 4.79 Å². The third-order valence-electron chi connectivity index (χ3n) is 0.660. The lowest BCUT2D eigenvalue weighted by atomic mass is 10.7. The number of amides is 1. The Balaban J connectivity index is 2.58. The largest absolute Gasteiger partial charge is 0.370 e. The van der Waals surface area contributed by atoms with E-state index in [1.165, 1.54) is 0 Å². The fourth-order valence-electron chi connectivity index (χ4n) is 0.379. The molecule has 0 radical (unpaired) electrons. The summed E-state index contributed by atoms with van der Waals surface area (Å²) in [7, 11) is 0. The second-order valence-electron chi connectivity index (χ2n) is 1.25. The topological polar surface area (TPSA) is 67.5 Å². The SMILES string of the molecule is NC1=NCC(=O)N1. The normalized spacial score (nSPS) is 18.9. The minimum absolute atomic E-state index is 0.127. The number of hydrogen-bond acceptors (Lipinski definition) is 3. The van der Waals surface area contributed by atoms with E-state index >= 15 is 0 Å². The Bertz CT molecular complexity index is 128. The highest BCUT2D eigenvalue weighted by Gasteiger charge is 2.07. The predicted molar refractivity (Wildman–Crippen MR) is 24.6 cm³/mol. The van der Waals surface area contributed by atoms with Gasteiger partial charge in [-0.2, -0.15) is 0 Å². The second kappa shape index (κ2) is 1.22. The second-order valence-corrected chi connectivity index (χ2v) is 1.25. The minimum atomic E-state index is -0.127. The van der Waals surface area contributed by atoms with Crippen molar-refractivity contribution in [1.29, 1.82) is 0 Å². The molecule has 0 aliphatic carbocycles. The zero-order valence-corrected chi connectivity index (χ0v) is 3.64. The molecule has 0 bridgehead atoms. The van der Waals surface area contributed by atoms with Gasteiger partial charge in [0.15, 0.2) is 5.96 Å². The molecule has 0 saturated carbocycles. The van der Waals surface area contributed by atoms with Crippen LogP contribution in [0.5, 0.6) is 0 Å². The van der Waals surface area contributed by atoms with Crippen molar-refractivity contribution in [2.45, 2.75) is 0 Å². The van der Waals surface area contributed by atoms with Crippen molar-refractivity contribution in [2.24, 2.45) is 10.7 Å². The van der Waals surface area contributed by atoms with Gasteiger partial charge in [-0.3, -0.25) is 10.1 Å². The fourth-order valence-corrected chi connectivity index (χ4v) is 0.379. The summed E-state index contributed by atoms with van der Waals surface area (Å²) in [5, 5.41) is 2.31. The monoisotopic (exact) mass is 99.0 g/mol. The highest BCUT2D eigenvalue weighted by Crippen LogP contribution is 1.78. The number of guanidine groups is 1. The third-order valence-corrected chi connectivity index (χ3v) is 0.660. The van der Waals surface area contributed by atoms with Crippen LogP contribution in [0.25, 0.3) is 0 Å². The summed E-state index contributed by atoms with van der Waals surface area (Å²) in [5.41, 5.74) is 5.04. The molecule has 3 N–H and O–H groups in total. The molecule has 0 unspecified atom stereocenters. The van der Waals surface area contributed by atoms with E-state index in [1.54, 1.807) is 0 Å². The molecule has 7 heavy (non-hydrogen) atoms. The number of nitrogens with zero attached hydrogens (tertiary/aromatic N) is 1. The number of nitrogens with two attached hydrogens (primary N) is 1. The van der Waals surface area contributed by atoms with E-state index < -0.39 is 0 Å². The maximum Gasteiger partial charge on any atom is 0.248 e. The standard InChI is InChI=1S/C3H5N3O/c4-3-5-1-2(7)6-3/h1H2,(H3,4,5,6,7). The number of aliphatic imine (C=N–C) groups is 1. The summed E-state index contributed by atoms with van der Waals surface area (Å²) in [6, 6.07) is 0. The molecule has 0 atom stereocenters. The number of carbonyl (C=O) groups excluding carboxylic acids is 1. The molecule has 0 aromatic rings. The Hall–Kier alpha value is -1.06. The van der Waals surface area contributed by atoms with E-state index in [0.29, 0.717) is 0 Å². The summed E-state index contributed by atoms with van der Waals surface area (Å²) in [6.45, 7) is 0.186. The van der Waals surface area contributed by atoms with Crippen LogP contribution in [-0.4, -0.2) is 18.4 Å². The van der Waals surface area contributed by atoms with Crippen LogP contribution in [0.2, 0.25) is 0 Å². The first-order valence-electron chi connectivity index (χ1n) is 1.89. The highest BCUT2D eigenvalue weighted by molar-refractivity contribution is 6.02. The Kier molecular flexibility index (Phi) is 0.714. The fraction of sp³-hybridized carbons (Fsp3) is 0.333. The molecule has 1 amide bonds. The molecule has 0 saturated heterocycles. The van der Waals surface area contributed by atoms with Crippen LogP contribution in [0.15, 0.2) is 4.99 Å². The van der Waals surface area contributed by atoms with Crippen LogP contribution in [0.4, 0.5) is 0 Å². The predicted octanol–water partition coefficient (Wildman–Crippen LogP) is -1.57. The number of nitrogens with one attached hydrogen (secondary N) is 1. The molecule has 38 valence electrons. The first kappa shape index (κ1) is 4.11. The number of carbonyl (C=O) groups is 1. The van der Waals surface area contributed by atoms with Gasteiger partial charge in [0, 0.05) is 0 Å². The molecule has 4 nitrogen and oxygen atoms in total. The van der Waals surface area contributed by atoms with Gasteiger partial charge in [0.05, 0.1) is 0 Å². The van der Waals surface area contributed by atoms with E-state index in [0.717, 1.165) is 0 Å². The maximum absolute atomic E-state index is 10.1. The van der Waals surface area contributed by atoms with Crippen molar-refractivity contribution < 1.29 is 4.79 Å². The van der Waals surface area contributed by atoms with Gasteiger partial charge in [-0.15, -0.1) is 0 Å².